The number of aliphatic carboxylic acids is 1. The van der Waals surface area contributed by atoms with Gasteiger partial charge >= 0.3 is 5.97 Å². The first kappa shape index (κ1) is 15.2. The topological polar surface area (TPSA) is 57.6 Å². The van der Waals surface area contributed by atoms with E-state index in [9.17, 15) is 9.59 Å². The SMILES string of the molecule is Cc1ccccc1CN(C)C(=O)CCCCC(=O)O. The minimum Gasteiger partial charge on any atom is -0.481 e. The zero-order valence-electron chi connectivity index (χ0n) is 11.6. The zero-order chi connectivity index (χ0) is 14.3. The van der Waals surface area contributed by atoms with Crippen LogP contribution in [0.4, 0.5) is 0 Å². The third-order valence-electron chi connectivity index (χ3n) is 3.13. The van der Waals surface area contributed by atoms with Crippen LogP contribution in [-0.4, -0.2) is 28.9 Å². The van der Waals surface area contributed by atoms with E-state index in [1.165, 1.54) is 5.56 Å². The molecular weight excluding hydrogens is 242 g/mol. The van der Waals surface area contributed by atoms with Gasteiger partial charge in [0.1, 0.15) is 0 Å². The molecular formula is C15H21NO3. The summed E-state index contributed by atoms with van der Waals surface area (Å²) in [5.41, 5.74) is 2.32. The van der Waals surface area contributed by atoms with Crippen LogP contribution in [0.15, 0.2) is 24.3 Å². The second-order valence-corrected chi connectivity index (χ2v) is 4.78. The number of nitrogens with zero attached hydrogens (tertiary/aromatic N) is 1. The van der Waals surface area contributed by atoms with Crippen LogP contribution in [0.2, 0.25) is 0 Å². The van der Waals surface area contributed by atoms with Gasteiger partial charge in [-0.25, -0.2) is 0 Å². The van der Waals surface area contributed by atoms with E-state index in [0.717, 1.165) is 5.56 Å². The van der Waals surface area contributed by atoms with Crippen LogP contribution >= 0.6 is 0 Å². The second-order valence-electron chi connectivity index (χ2n) is 4.78. The summed E-state index contributed by atoms with van der Waals surface area (Å²) in [6, 6.07) is 7.99. The van der Waals surface area contributed by atoms with Gasteiger partial charge in [-0.15, -0.1) is 0 Å². The Morgan fingerprint density at radius 3 is 2.42 bits per heavy atom. The number of rotatable bonds is 7. The molecule has 0 saturated carbocycles. The summed E-state index contributed by atoms with van der Waals surface area (Å²) in [6.45, 7) is 2.63. The van der Waals surface area contributed by atoms with Crippen LogP contribution in [0.25, 0.3) is 0 Å². The highest BCUT2D eigenvalue weighted by molar-refractivity contribution is 5.76. The number of carbonyl (C=O) groups is 2. The predicted octanol–water partition coefficient (Wildman–Crippen LogP) is 2.60. The van der Waals surface area contributed by atoms with E-state index in [1.807, 2.05) is 31.2 Å². The number of hydrogen-bond acceptors (Lipinski definition) is 2. The summed E-state index contributed by atoms with van der Waals surface area (Å²) in [4.78, 5) is 23.9. The van der Waals surface area contributed by atoms with E-state index in [0.29, 0.717) is 25.8 Å². The number of aryl methyl sites for hydroxylation is 1. The average molecular weight is 263 g/mol. The first-order chi connectivity index (χ1) is 9.00. The van der Waals surface area contributed by atoms with Crippen molar-refractivity contribution >= 4 is 11.9 Å². The van der Waals surface area contributed by atoms with Crippen LogP contribution in [0.3, 0.4) is 0 Å². The van der Waals surface area contributed by atoms with Gasteiger partial charge in [-0.3, -0.25) is 9.59 Å². The molecule has 0 heterocycles. The summed E-state index contributed by atoms with van der Waals surface area (Å²) in [6.07, 6.45) is 1.73. The summed E-state index contributed by atoms with van der Waals surface area (Å²) in [5, 5.41) is 8.52. The standard InChI is InChI=1S/C15H21NO3/c1-12-7-3-4-8-13(12)11-16(2)14(17)9-5-6-10-15(18)19/h3-4,7-8H,5-6,9-11H2,1-2H3,(H,18,19). The molecule has 1 amide bonds. The number of carbonyl (C=O) groups excluding carboxylic acids is 1. The highest BCUT2D eigenvalue weighted by Crippen LogP contribution is 2.11. The van der Waals surface area contributed by atoms with Crippen molar-refractivity contribution in [3.8, 4) is 0 Å². The van der Waals surface area contributed by atoms with Gasteiger partial charge in [0.25, 0.3) is 0 Å². The quantitative estimate of drug-likeness (QED) is 0.769. The van der Waals surface area contributed by atoms with Crippen LogP contribution in [-0.2, 0) is 16.1 Å². The van der Waals surface area contributed by atoms with E-state index >= 15 is 0 Å². The lowest BCUT2D eigenvalue weighted by Gasteiger charge is -2.18. The molecule has 0 aromatic heterocycles. The maximum Gasteiger partial charge on any atom is 0.303 e. The molecule has 0 spiro atoms. The molecule has 1 aromatic carbocycles. The summed E-state index contributed by atoms with van der Waals surface area (Å²) < 4.78 is 0. The molecule has 4 nitrogen and oxygen atoms in total. The molecule has 0 fully saturated rings. The third kappa shape index (κ3) is 5.55. The van der Waals surface area contributed by atoms with Crippen molar-refractivity contribution in [1.29, 1.82) is 0 Å². The van der Waals surface area contributed by atoms with Crippen molar-refractivity contribution < 1.29 is 14.7 Å². The Hall–Kier alpha value is -1.84. The minimum atomic E-state index is -0.805. The van der Waals surface area contributed by atoms with E-state index < -0.39 is 5.97 Å². The van der Waals surface area contributed by atoms with Gasteiger partial charge in [0, 0.05) is 26.4 Å². The lowest BCUT2D eigenvalue weighted by molar-refractivity contribution is -0.137. The van der Waals surface area contributed by atoms with E-state index in [-0.39, 0.29) is 12.3 Å². The van der Waals surface area contributed by atoms with Crippen molar-refractivity contribution in [2.45, 2.75) is 39.2 Å². The fourth-order valence-electron chi connectivity index (χ4n) is 1.87. The Bertz CT molecular complexity index is 443. The number of carboxylic acids is 1. The van der Waals surface area contributed by atoms with Gasteiger partial charge in [-0.2, -0.15) is 0 Å². The number of unbranched alkanes of at least 4 members (excludes halogenated alkanes) is 1. The molecule has 0 radical (unpaired) electrons. The average Bonchev–Trinajstić information content (AvgIpc) is 2.36. The monoisotopic (exact) mass is 263 g/mol. The fourth-order valence-corrected chi connectivity index (χ4v) is 1.87. The first-order valence-electron chi connectivity index (χ1n) is 6.51. The highest BCUT2D eigenvalue weighted by Gasteiger charge is 2.10. The Kier molecular flexibility index (Phi) is 6.06. The molecule has 0 aliphatic carbocycles. The molecule has 1 aromatic rings. The molecule has 19 heavy (non-hydrogen) atoms. The lowest BCUT2D eigenvalue weighted by Crippen LogP contribution is -2.26. The largest absolute Gasteiger partial charge is 0.481 e. The number of benzene rings is 1. The first-order valence-corrected chi connectivity index (χ1v) is 6.51. The van der Waals surface area contributed by atoms with Gasteiger partial charge in [0.15, 0.2) is 0 Å². The summed E-state index contributed by atoms with van der Waals surface area (Å²) in [5.74, 6) is -0.741. The van der Waals surface area contributed by atoms with Crippen molar-refractivity contribution in [1.82, 2.24) is 4.90 Å². The van der Waals surface area contributed by atoms with Crippen molar-refractivity contribution in [2.75, 3.05) is 7.05 Å². The molecule has 104 valence electrons. The van der Waals surface area contributed by atoms with Gasteiger partial charge < -0.3 is 10.0 Å². The predicted molar refractivity (Wildman–Crippen MR) is 73.8 cm³/mol. The van der Waals surface area contributed by atoms with Crippen LogP contribution in [0.5, 0.6) is 0 Å². The van der Waals surface area contributed by atoms with Gasteiger partial charge in [-0.1, -0.05) is 24.3 Å². The molecule has 0 aliphatic rings. The molecule has 4 heteroatoms. The Labute approximate surface area is 114 Å². The Morgan fingerprint density at radius 2 is 1.79 bits per heavy atom. The maximum absolute atomic E-state index is 11.9. The number of amides is 1. The lowest BCUT2D eigenvalue weighted by atomic mass is 10.1. The summed E-state index contributed by atoms with van der Waals surface area (Å²) in [7, 11) is 1.78. The minimum absolute atomic E-state index is 0.0636. The molecule has 1 rings (SSSR count). The molecule has 0 bridgehead atoms. The molecule has 1 N–H and O–H groups in total. The van der Waals surface area contributed by atoms with Gasteiger partial charge in [0.2, 0.25) is 5.91 Å². The third-order valence-corrected chi connectivity index (χ3v) is 3.13. The van der Waals surface area contributed by atoms with Crippen molar-refractivity contribution in [3.63, 3.8) is 0 Å². The van der Waals surface area contributed by atoms with E-state index in [1.54, 1.807) is 11.9 Å². The number of carboxylic acid groups (broad SMARTS) is 1. The second kappa shape index (κ2) is 7.56. The number of hydrogen-bond donors (Lipinski definition) is 1. The molecule has 0 saturated heterocycles. The van der Waals surface area contributed by atoms with Crippen LogP contribution in [0, 0.1) is 6.92 Å². The molecule has 0 unspecified atom stereocenters. The fraction of sp³-hybridized carbons (Fsp3) is 0.467. The van der Waals surface area contributed by atoms with Crippen molar-refractivity contribution in [2.24, 2.45) is 0 Å². The van der Waals surface area contributed by atoms with Crippen LogP contribution < -0.4 is 0 Å². The molecule has 0 aliphatic heterocycles. The van der Waals surface area contributed by atoms with Gasteiger partial charge in [0.05, 0.1) is 0 Å². The van der Waals surface area contributed by atoms with E-state index in [2.05, 4.69) is 0 Å². The Morgan fingerprint density at radius 1 is 1.16 bits per heavy atom. The van der Waals surface area contributed by atoms with Crippen LogP contribution in [0.1, 0.15) is 36.8 Å². The van der Waals surface area contributed by atoms with Gasteiger partial charge in [-0.05, 0) is 30.9 Å². The smallest absolute Gasteiger partial charge is 0.303 e. The zero-order valence-corrected chi connectivity index (χ0v) is 11.6. The molecule has 0 atom stereocenters. The maximum atomic E-state index is 11.9. The normalized spacial score (nSPS) is 10.2. The van der Waals surface area contributed by atoms with Crippen molar-refractivity contribution in [3.05, 3.63) is 35.4 Å². The summed E-state index contributed by atoms with van der Waals surface area (Å²) >= 11 is 0. The van der Waals surface area contributed by atoms with E-state index in [4.69, 9.17) is 5.11 Å². The Balaban J connectivity index is 2.37. The highest BCUT2D eigenvalue weighted by atomic mass is 16.4.